The first-order valence-electron chi connectivity index (χ1n) is 12.8. The van der Waals surface area contributed by atoms with E-state index in [0.717, 1.165) is 43.2 Å². The van der Waals surface area contributed by atoms with E-state index in [1.54, 1.807) is 12.1 Å². The number of ether oxygens (including phenoxy) is 1. The van der Waals surface area contributed by atoms with Crippen LogP contribution in [0.4, 0.5) is 11.4 Å². The molecule has 0 aliphatic carbocycles. The van der Waals surface area contributed by atoms with Gasteiger partial charge in [0.2, 0.25) is 5.91 Å². The van der Waals surface area contributed by atoms with Gasteiger partial charge in [-0.3, -0.25) is 14.9 Å². The van der Waals surface area contributed by atoms with Crippen LogP contribution in [-0.4, -0.2) is 66.9 Å². The number of anilines is 1. The van der Waals surface area contributed by atoms with Crippen molar-refractivity contribution in [3.05, 3.63) is 94.0 Å². The van der Waals surface area contributed by atoms with E-state index in [-0.39, 0.29) is 17.5 Å². The number of piperazine rings is 1. The van der Waals surface area contributed by atoms with Crippen LogP contribution in [0.2, 0.25) is 0 Å². The second-order valence-corrected chi connectivity index (χ2v) is 9.71. The van der Waals surface area contributed by atoms with Crippen LogP contribution in [0.15, 0.2) is 72.8 Å². The Morgan fingerprint density at radius 1 is 0.919 bits per heavy atom. The molecule has 0 spiro atoms. The first-order valence-corrected chi connectivity index (χ1v) is 12.8. The Kier molecular flexibility index (Phi) is 7.37. The van der Waals surface area contributed by atoms with Gasteiger partial charge in [-0.2, -0.15) is 0 Å². The molecule has 0 unspecified atom stereocenters. The van der Waals surface area contributed by atoms with Crippen molar-refractivity contribution in [2.45, 2.75) is 18.8 Å². The molecule has 1 amide bonds. The maximum absolute atomic E-state index is 12.9. The minimum atomic E-state index is -0.390. The Morgan fingerprint density at radius 3 is 2.11 bits per heavy atom. The van der Waals surface area contributed by atoms with Gasteiger partial charge in [0.25, 0.3) is 5.69 Å². The normalized spacial score (nSPS) is 15.2. The predicted molar refractivity (Wildman–Crippen MR) is 143 cm³/mol. The molecule has 5 rings (SSSR count). The summed E-state index contributed by atoms with van der Waals surface area (Å²) in [6, 6.07) is 23.1. The van der Waals surface area contributed by atoms with Gasteiger partial charge in [0.15, 0.2) is 0 Å². The monoisotopic (exact) mass is 500 g/mol. The van der Waals surface area contributed by atoms with Crippen molar-refractivity contribution in [1.82, 2.24) is 9.80 Å². The number of nitrogens with zero attached hydrogens (tertiary/aromatic N) is 4. The van der Waals surface area contributed by atoms with Gasteiger partial charge in [-0.25, -0.2) is 0 Å². The first-order chi connectivity index (χ1) is 18.0. The van der Waals surface area contributed by atoms with E-state index in [1.165, 1.54) is 23.3 Å². The number of non-ortho nitro benzene ring substituents is 1. The molecule has 2 heterocycles. The van der Waals surface area contributed by atoms with Crippen molar-refractivity contribution >= 4 is 17.3 Å². The summed E-state index contributed by atoms with van der Waals surface area (Å²) in [5.74, 6) is 2.30. The van der Waals surface area contributed by atoms with Crippen LogP contribution >= 0.6 is 0 Å². The van der Waals surface area contributed by atoms with E-state index < -0.39 is 4.92 Å². The Bertz CT molecular complexity index is 1210. The number of para-hydroxylation sites is 2. The molecule has 2 aliphatic heterocycles. The smallest absolute Gasteiger partial charge is 0.269 e. The minimum absolute atomic E-state index is 0.0897. The van der Waals surface area contributed by atoms with Crippen LogP contribution in [0.25, 0.3) is 0 Å². The first kappa shape index (κ1) is 24.8. The lowest BCUT2D eigenvalue weighted by Crippen LogP contribution is -2.49. The van der Waals surface area contributed by atoms with Gasteiger partial charge in [-0.05, 0) is 44.3 Å². The molecule has 3 aromatic carbocycles. The van der Waals surface area contributed by atoms with Gasteiger partial charge in [0.05, 0.1) is 4.92 Å². The fourth-order valence-electron chi connectivity index (χ4n) is 5.22. The number of hydrogen-bond acceptors (Lipinski definition) is 6. The average Bonchev–Trinajstić information content (AvgIpc) is 2.94. The summed E-state index contributed by atoms with van der Waals surface area (Å²) in [5, 5.41) is 10.9. The molecule has 0 atom stereocenters. The lowest BCUT2D eigenvalue weighted by Gasteiger charge is -2.36. The summed E-state index contributed by atoms with van der Waals surface area (Å²) >= 11 is 0. The van der Waals surface area contributed by atoms with Crippen molar-refractivity contribution in [1.29, 1.82) is 0 Å². The summed E-state index contributed by atoms with van der Waals surface area (Å²) in [6.07, 6.45) is 1.45. The van der Waals surface area contributed by atoms with Crippen LogP contribution in [0, 0.1) is 10.1 Å². The highest BCUT2D eigenvalue weighted by molar-refractivity contribution is 5.76. The predicted octanol–water partition coefficient (Wildman–Crippen LogP) is 4.89. The van der Waals surface area contributed by atoms with E-state index in [2.05, 4.69) is 41.1 Å². The van der Waals surface area contributed by atoms with Gasteiger partial charge in [-0.15, -0.1) is 0 Å². The maximum Gasteiger partial charge on any atom is 0.269 e. The summed E-state index contributed by atoms with van der Waals surface area (Å²) in [7, 11) is 2.08. The molecule has 8 heteroatoms. The highest BCUT2D eigenvalue weighted by Crippen LogP contribution is 2.45. The zero-order valence-corrected chi connectivity index (χ0v) is 21.1. The van der Waals surface area contributed by atoms with E-state index >= 15 is 0 Å². The molecular formula is C29H32N4O4. The molecule has 0 N–H and O–H groups in total. The van der Waals surface area contributed by atoms with E-state index in [9.17, 15) is 14.9 Å². The topological polar surface area (TPSA) is 79.2 Å². The van der Waals surface area contributed by atoms with Crippen molar-refractivity contribution in [3.8, 4) is 11.5 Å². The SMILES string of the molecule is CN(CCC(=O)N1CCN(c2ccc([N+](=O)[O-])cc2)CC1)CCC1c2ccccc2Oc2ccccc21. The quantitative estimate of drug-likeness (QED) is 0.324. The molecule has 0 saturated carbocycles. The zero-order chi connectivity index (χ0) is 25.8. The van der Waals surface area contributed by atoms with Gasteiger partial charge >= 0.3 is 0 Å². The zero-order valence-electron chi connectivity index (χ0n) is 21.1. The van der Waals surface area contributed by atoms with Gasteiger partial charge in [0.1, 0.15) is 11.5 Å². The Hall–Kier alpha value is -3.91. The number of benzene rings is 3. The van der Waals surface area contributed by atoms with Crippen molar-refractivity contribution < 1.29 is 14.5 Å². The number of fused-ring (bicyclic) bond motifs is 2. The largest absolute Gasteiger partial charge is 0.457 e. The fourth-order valence-corrected chi connectivity index (χ4v) is 5.22. The van der Waals surface area contributed by atoms with Crippen LogP contribution < -0.4 is 9.64 Å². The highest BCUT2D eigenvalue weighted by atomic mass is 16.6. The number of amides is 1. The minimum Gasteiger partial charge on any atom is -0.457 e. The third-order valence-corrected chi connectivity index (χ3v) is 7.37. The molecule has 0 bridgehead atoms. The van der Waals surface area contributed by atoms with E-state index in [0.29, 0.717) is 26.1 Å². The Balaban J connectivity index is 1.10. The Morgan fingerprint density at radius 2 is 1.51 bits per heavy atom. The third kappa shape index (κ3) is 5.59. The van der Waals surface area contributed by atoms with Crippen LogP contribution in [0.1, 0.15) is 29.9 Å². The molecule has 0 aromatic heterocycles. The third-order valence-electron chi connectivity index (χ3n) is 7.37. The van der Waals surface area contributed by atoms with E-state index in [1.807, 2.05) is 29.2 Å². The van der Waals surface area contributed by atoms with Gasteiger partial charge in [-0.1, -0.05) is 36.4 Å². The number of nitro groups is 1. The van der Waals surface area contributed by atoms with Gasteiger partial charge < -0.3 is 19.4 Å². The van der Waals surface area contributed by atoms with Crippen LogP contribution in [0.3, 0.4) is 0 Å². The molecule has 3 aromatic rings. The number of carbonyl (C=O) groups excluding carboxylic acids is 1. The number of hydrogen-bond donors (Lipinski definition) is 0. The fraction of sp³-hybridized carbons (Fsp3) is 0.345. The van der Waals surface area contributed by atoms with Crippen molar-refractivity contribution in [3.63, 3.8) is 0 Å². The van der Waals surface area contributed by atoms with Gasteiger partial charge in [0, 0.05) is 74.0 Å². The summed E-state index contributed by atoms with van der Waals surface area (Å²) in [6.45, 7) is 4.37. The standard InChI is InChI=1S/C29H32N4O4/c1-30(16-14-24-25-6-2-4-8-27(25)37-28-9-5-3-7-26(24)28)17-15-29(34)32-20-18-31(19-21-32)22-10-12-23(13-11-22)33(35)36/h2-13,24H,14-21H2,1H3. The molecule has 1 saturated heterocycles. The lowest BCUT2D eigenvalue weighted by atomic mass is 9.85. The molecular weight excluding hydrogens is 468 g/mol. The maximum atomic E-state index is 12.9. The van der Waals surface area contributed by atoms with Crippen molar-refractivity contribution in [2.24, 2.45) is 0 Å². The molecule has 0 radical (unpaired) electrons. The number of nitro benzene ring substituents is 1. The average molecular weight is 501 g/mol. The summed E-state index contributed by atoms with van der Waals surface area (Å²) in [4.78, 5) is 29.7. The number of carbonyl (C=O) groups is 1. The Labute approximate surface area is 217 Å². The summed E-state index contributed by atoms with van der Waals surface area (Å²) in [5.41, 5.74) is 3.48. The van der Waals surface area contributed by atoms with E-state index in [4.69, 9.17) is 4.74 Å². The summed E-state index contributed by atoms with van der Waals surface area (Å²) < 4.78 is 6.12. The second-order valence-electron chi connectivity index (χ2n) is 9.71. The number of rotatable bonds is 8. The lowest BCUT2D eigenvalue weighted by molar-refractivity contribution is -0.384. The molecule has 8 nitrogen and oxygen atoms in total. The van der Waals surface area contributed by atoms with Crippen LogP contribution in [0.5, 0.6) is 11.5 Å². The molecule has 192 valence electrons. The molecule has 37 heavy (non-hydrogen) atoms. The van der Waals surface area contributed by atoms with Crippen molar-refractivity contribution in [2.75, 3.05) is 51.2 Å². The molecule has 2 aliphatic rings. The molecule has 1 fully saturated rings. The highest BCUT2D eigenvalue weighted by Gasteiger charge is 2.27. The van der Waals surface area contributed by atoms with Crippen LogP contribution in [-0.2, 0) is 4.79 Å². The second kappa shape index (κ2) is 11.0.